The zero-order valence-corrected chi connectivity index (χ0v) is 38.8. The number of hydrogen-bond acceptors (Lipinski definition) is 13. The van der Waals surface area contributed by atoms with Crippen molar-refractivity contribution in [1.29, 1.82) is 0 Å². The van der Waals surface area contributed by atoms with Crippen LogP contribution in [0.5, 0.6) is 5.75 Å². The van der Waals surface area contributed by atoms with Crippen LogP contribution in [0.2, 0.25) is 0 Å². The van der Waals surface area contributed by atoms with E-state index in [1.165, 1.54) is 0 Å². The van der Waals surface area contributed by atoms with Gasteiger partial charge in [-0.3, -0.25) is 44.1 Å². The summed E-state index contributed by atoms with van der Waals surface area (Å²) in [6.07, 6.45) is 2.40. The maximum Gasteiger partial charge on any atom is 0.276 e. The molecule has 0 bridgehead atoms. The number of benzene rings is 2. The summed E-state index contributed by atoms with van der Waals surface area (Å²) in [6, 6.07) is 9.99. The fourth-order valence-corrected chi connectivity index (χ4v) is 9.12. The summed E-state index contributed by atoms with van der Waals surface area (Å²) >= 11 is 0. The van der Waals surface area contributed by atoms with E-state index >= 15 is 0 Å². The lowest BCUT2D eigenvalue weighted by molar-refractivity contribution is 0.0391. The number of nitrogens with zero attached hydrogens (tertiary/aromatic N) is 10. The summed E-state index contributed by atoms with van der Waals surface area (Å²) in [5.41, 5.74) is 17.5. The number of amides is 4. The second-order valence-electron chi connectivity index (χ2n) is 16.9. The summed E-state index contributed by atoms with van der Waals surface area (Å²) in [5.74, 6) is -1.02. The fourth-order valence-electron chi connectivity index (χ4n) is 9.12. The van der Waals surface area contributed by atoms with Crippen LogP contribution < -0.4 is 31.7 Å². The number of nitrogens with one attached hydrogen (secondary N) is 2. The number of hydrogen-bond donors (Lipinski definition) is 4. The van der Waals surface area contributed by atoms with E-state index in [0.717, 1.165) is 30.8 Å². The molecule has 1 atom stereocenters. The molecule has 0 saturated carbocycles. The molecule has 356 valence electrons. The Labute approximate surface area is 387 Å². The van der Waals surface area contributed by atoms with Crippen LogP contribution in [0.4, 0.5) is 17.6 Å². The zero-order valence-electron chi connectivity index (χ0n) is 38.8. The van der Waals surface area contributed by atoms with Crippen molar-refractivity contribution in [1.82, 2.24) is 43.6 Å². The van der Waals surface area contributed by atoms with Crippen molar-refractivity contribution in [2.75, 3.05) is 81.8 Å². The van der Waals surface area contributed by atoms with Crippen molar-refractivity contribution in [3.05, 3.63) is 70.3 Å². The van der Waals surface area contributed by atoms with Gasteiger partial charge in [-0.2, -0.15) is 10.2 Å². The van der Waals surface area contributed by atoms with Gasteiger partial charge in [0.25, 0.3) is 11.8 Å². The number of aromatic nitrogens is 8. The molecule has 6 aromatic rings. The number of methoxy groups -OCH3 is 1. The van der Waals surface area contributed by atoms with Crippen molar-refractivity contribution in [2.45, 2.75) is 79.1 Å². The lowest BCUT2D eigenvalue weighted by Gasteiger charge is -2.31. The minimum Gasteiger partial charge on any atom is -0.491 e. The van der Waals surface area contributed by atoms with E-state index in [9.17, 15) is 19.2 Å². The largest absolute Gasteiger partial charge is 0.491 e. The average molecular weight is 921 g/mol. The maximum atomic E-state index is 14.1. The number of morpholine rings is 1. The first kappa shape index (κ1) is 46.7. The number of aryl methyl sites for hydroxylation is 5. The fraction of sp³-hybridized carbons (Fsp3) is 0.478. The average Bonchev–Trinajstić information content (AvgIpc) is 4.06. The number of anilines is 3. The van der Waals surface area contributed by atoms with Crippen LogP contribution in [0.3, 0.4) is 0 Å². The first-order valence-electron chi connectivity index (χ1n) is 23.0. The van der Waals surface area contributed by atoms with E-state index in [-0.39, 0.29) is 30.1 Å². The van der Waals surface area contributed by atoms with Gasteiger partial charge in [-0.25, -0.2) is 9.97 Å². The smallest absolute Gasteiger partial charge is 0.276 e. The second-order valence-corrected chi connectivity index (χ2v) is 16.9. The van der Waals surface area contributed by atoms with E-state index in [4.69, 9.17) is 35.6 Å². The Hall–Kier alpha value is -6.84. The Morgan fingerprint density at radius 3 is 1.99 bits per heavy atom. The first-order chi connectivity index (χ1) is 32.4. The summed E-state index contributed by atoms with van der Waals surface area (Å²) in [7, 11) is 1.62. The predicted molar refractivity (Wildman–Crippen MR) is 252 cm³/mol. The molecule has 0 radical (unpaired) electrons. The first-order valence-corrected chi connectivity index (χ1v) is 23.0. The van der Waals surface area contributed by atoms with Crippen molar-refractivity contribution < 1.29 is 33.4 Å². The molecule has 0 aliphatic carbocycles. The molecule has 4 amide bonds. The van der Waals surface area contributed by atoms with Gasteiger partial charge in [0.2, 0.25) is 23.7 Å². The van der Waals surface area contributed by atoms with Crippen molar-refractivity contribution in [3.8, 4) is 5.75 Å². The van der Waals surface area contributed by atoms with E-state index in [2.05, 4.69) is 35.2 Å². The van der Waals surface area contributed by atoms with Gasteiger partial charge < -0.3 is 39.7 Å². The molecule has 67 heavy (non-hydrogen) atoms. The summed E-state index contributed by atoms with van der Waals surface area (Å²) < 4.78 is 24.5. The van der Waals surface area contributed by atoms with Gasteiger partial charge in [0.05, 0.1) is 53.4 Å². The van der Waals surface area contributed by atoms with Crippen LogP contribution in [0.25, 0.3) is 22.1 Å². The van der Waals surface area contributed by atoms with Gasteiger partial charge in [-0.05, 0) is 83.4 Å². The molecule has 1 saturated heterocycles. The molecular formula is C46H60N14O7. The molecule has 2 aliphatic heterocycles. The zero-order chi connectivity index (χ0) is 47.4. The van der Waals surface area contributed by atoms with Crippen molar-refractivity contribution in [3.63, 3.8) is 0 Å². The Balaban J connectivity index is 1.18. The molecule has 4 aromatic heterocycles. The third kappa shape index (κ3) is 9.98. The predicted octanol–water partition coefficient (Wildman–Crippen LogP) is 4.12. The van der Waals surface area contributed by atoms with Gasteiger partial charge >= 0.3 is 0 Å². The van der Waals surface area contributed by atoms with Crippen LogP contribution in [-0.4, -0.2) is 133 Å². The van der Waals surface area contributed by atoms with E-state index in [1.54, 1.807) is 46.8 Å². The van der Waals surface area contributed by atoms with Crippen molar-refractivity contribution in [2.24, 2.45) is 11.5 Å². The molecule has 8 rings (SSSR count). The molecule has 6 heterocycles. The number of rotatable bonds is 20. The van der Waals surface area contributed by atoms with Gasteiger partial charge in [-0.15, -0.1) is 0 Å². The molecule has 0 spiro atoms. The Bertz CT molecular complexity index is 2800. The highest BCUT2D eigenvalue weighted by molar-refractivity contribution is 6.06. The lowest BCUT2D eigenvalue weighted by Crippen LogP contribution is -2.41. The van der Waals surface area contributed by atoms with Crippen LogP contribution >= 0.6 is 0 Å². The summed E-state index contributed by atoms with van der Waals surface area (Å²) in [6.45, 7) is 14.7. The van der Waals surface area contributed by atoms with E-state index in [0.29, 0.717) is 135 Å². The van der Waals surface area contributed by atoms with Crippen molar-refractivity contribution >= 4 is 63.3 Å². The third-order valence-corrected chi connectivity index (χ3v) is 12.4. The Morgan fingerprint density at radius 1 is 0.746 bits per heavy atom. The quantitative estimate of drug-likeness (QED) is 0.0788. The molecule has 21 heteroatoms. The Morgan fingerprint density at radius 2 is 1.36 bits per heavy atom. The summed E-state index contributed by atoms with van der Waals surface area (Å²) in [5, 5.41) is 15.1. The number of carbonyl (C=O) groups excluding carboxylic acids is 4. The minimum absolute atomic E-state index is 0.203. The standard InChI is InChI=1S/C46H60N14O7/c1-6-58-36(22-28(3)53-58)43(63)51-45-49-34-25-31(42(48)62)27-38(67-19-9-18-65-5)40(34)57(45)12-8-10-32-11-13-56(15-14-55-16-20-66-21-17-55)35-26-30(41(47)61)24-33-39(35)60(32)46(50-33)52-44(64)37-23-29(4)54-59(37)7-2/h22-27,32H,6-21H2,1-5H3,(H2,47,61)(H2,48,62)(H,49,51,63)(H,50,52,64)/t32-/m0/s1. The van der Waals surface area contributed by atoms with Gasteiger partial charge in [0, 0.05) is 89.7 Å². The molecule has 1 fully saturated rings. The van der Waals surface area contributed by atoms with Crippen LogP contribution in [-0.2, 0) is 29.1 Å². The number of nitrogens with two attached hydrogens (primary N) is 2. The highest BCUT2D eigenvalue weighted by atomic mass is 16.5. The van der Waals surface area contributed by atoms with Crippen LogP contribution in [0.15, 0.2) is 36.4 Å². The number of imidazole rings is 2. The van der Waals surface area contributed by atoms with Gasteiger partial charge in [0.15, 0.2) is 0 Å². The monoisotopic (exact) mass is 920 g/mol. The van der Waals surface area contributed by atoms with Crippen LogP contribution in [0, 0.1) is 13.8 Å². The molecule has 2 aliphatic rings. The molecule has 21 nitrogen and oxygen atoms in total. The van der Waals surface area contributed by atoms with Crippen LogP contribution in [0.1, 0.15) is 98.7 Å². The van der Waals surface area contributed by atoms with E-state index < -0.39 is 17.7 Å². The SMILES string of the molecule is CCn1nc(C)cc1C(=O)Nc1nc2cc(C(N)=O)cc(OCCCOC)c2n1CCC[C@H]1CCN(CCN2CCOCC2)c2cc(C(N)=O)cc3nc(NC(=O)c4cc(C)nn4CC)n1c23. The number of primary amides is 2. The number of ether oxygens (including phenoxy) is 3. The highest BCUT2D eigenvalue weighted by Crippen LogP contribution is 2.40. The van der Waals surface area contributed by atoms with E-state index in [1.807, 2.05) is 38.3 Å². The lowest BCUT2D eigenvalue weighted by atomic mass is 10.1. The number of carbonyl (C=O) groups is 4. The third-order valence-electron chi connectivity index (χ3n) is 12.4. The summed E-state index contributed by atoms with van der Waals surface area (Å²) in [4.78, 5) is 68.0. The normalized spacial score (nSPS) is 15.3. The number of fused-ring (bicyclic) bond motifs is 1. The second kappa shape index (κ2) is 20.4. The molecular weight excluding hydrogens is 861 g/mol. The molecule has 6 N–H and O–H groups in total. The highest BCUT2D eigenvalue weighted by Gasteiger charge is 2.31. The molecule has 2 aromatic carbocycles. The topological polar surface area (TPSA) is 250 Å². The Kier molecular flexibility index (Phi) is 14.2. The molecule has 0 unspecified atom stereocenters. The maximum absolute atomic E-state index is 14.1. The van der Waals surface area contributed by atoms with Gasteiger partial charge in [0.1, 0.15) is 22.7 Å². The van der Waals surface area contributed by atoms with Gasteiger partial charge in [-0.1, -0.05) is 0 Å². The minimum atomic E-state index is -0.648.